The summed E-state index contributed by atoms with van der Waals surface area (Å²) in [6, 6.07) is 0.00237. The molecule has 4 fully saturated rings. The molecule has 4 bridgehead atoms. The van der Waals surface area contributed by atoms with Gasteiger partial charge in [-0.15, -0.1) is 0 Å². The number of nitrogens with two attached hydrogens (primary N) is 1. The summed E-state index contributed by atoms with van der Waals surface area (Å²) in [6.07, 6.45) is 8.46. The number of likely N-dealkylation sites (N-methyl/N-ethyl adjacent to an activating group) is 1. The number of hydrogen-bond donors (Lipinski definition) is 2. The van der Waals surface area contributed by atoms with Crippen LogP contribution in [0.3, 0.4) is 0 Å². The molecule has 0 aromatic carbocycles. The molecule has 4 aliphatic rings. The van der Waals surface area contributed by atoms with Crippen LogP contribution < -0.4 is 11.1 Å². The maximum absolute atomic E-state index is 12.4. The topological polar surface area (TPSA) is 75.4 Å². The van der Waals surface area contributed by atoms with Crippen molar-refractivity contribution in [3.8, 4) is 0 Å². The van der Waals surface area contributed by atoms with E-state index in [0.29, 0.717) is 13.0 Å². The van der Waals surface area contributed by atoms with E-state index in [2.05, 4.69) is 5.32 Å². The Kier molecular flexibility index (Phi) is 4.68. The minimum atomic E-state index is -0.0678. The Morgan fingerprint density at radius 3 is 2.17 bits per heavy atom. The second-order valence-electron chi connectivity index (χ2n) is 8.46. The van der Waals surface area contributed by atoms with Crippen molar-refractivity contribution < 1.29 is 9.59 Å². The normalized spacial score (nSPS) is 35.9. The molecule has 1 atom stereocenters. The van der Waals surface area contributed by atoms with E-state index in [1.165, 1.54) is 38.5 Å². The highest BCUT2D eigenvalue weighted by atomic mass is 16.2. The highest BCUT2D eigenvalue weighted by Crippen LogP contribution is 2.61. The third-order valence-electron chi connectivity index (χ3n) is 6.53. The van der Waals surface area contributed by atoms with Crippen molar-refractivity contribution >= 4 is 11.8 Å². The summed E-state index contributed by atoms with van der Waals surface area (Å²) in [5.74, 6) is 2.54. The molecule has 4 saturated carbocycles. The van der Waals surface area contributed by atoms with Crippen molar-refractivity contribution in [3.05, 3.63) is 0 Å². The monoisotopic (exact) mass is 321 g/mol. The second kappa shape index (κ2) is 6.42. The van der Waals surface area contributed by atoms with E-state index in [9.17, 15) is 9.59 Å². The lowest BCUT2D eigenvalue weighted by Gasteiger charge is -2.56. The van der Waals surface area contributed by atoms with Gasteiger partial charge in [-0.1, -0.05) is 0 Å². The Labute approximate surface area is 139 Å². The Hall–Kier alpha value is -1.10. The average Bonchev–Trinajstić information content (AvgIpc) is 2.49. The quantitative estimate of drug-likeness (QED) is 0.779. The number of carbonyl (C=O) groups excluding carboxylic acids is 2. The number of amides is 2. The fourth-order valence-electron chi connectivity index (χ4n) is 5.61. The van der Waals surface area contributed by atoms with E-state index in [4.69, 9.17) is 5.73 Å². The zero-order valence-corrected chi connectivity index (χ0v) is 14.5. The van der Waals surface area contributed by atoms with Gasteiger partial charge in [0.05, 0.1) is 6.54 Å². The van der Waals surface area contributed by atoms with E-state index in [-0.39, 0.29) is 29.8 Å². The second-order valence-corrected chi connectivity index (χ2v) is 8.46. The molecule has 5 nitrogen and oxygen atoms in total. The third kappa shape index (κ3) is 3.54. The van der Waals surface area contributed by atoms with Crippen molar-refractivity contribution in [2.45, 2.75) is 57.9 Å². The highest BCUT2D eigenvalue weighted by molar-refractivity contribution is 5.85. The number of hydrogen-bond acceptors (Lipinski definition) is 3. The molecule has 0 aromatic rings. The molecule has 0 saturated heterocycles. The fraction of sp³-hybridized carbons (Fsp3) is 0.889. The minimum absolute atomic E-state index is 0.00237. The van der Waals surface area contributed by atoms with Gasteiger partial charge in [0.1, 0.15) is 0 Å². The first-order chi connectivity index (χ1) is 10.9. The van der Waals surface area contributed by atoms with Gasteiger partial charge in [0.25, 0.3) is 0 Å². The number of carbonyl (C=O) groups is 2. The van der Waals surface area contributed by atoms with Gasteiger partial charge in [0.2, 0.25) is 11.8 Å². The summed E-state index contributed by atoms with van der Waals surface area (Å²) in [5, 5.41) is 2.85. The number of rotatable bonds is 6. The first-order valence-corrected chi connectivity index (χ1v) is 9.13. The molecule has 0 aromatic heterocycles. The summed E-state index contributed by atoms with van der Waals surface area (Å²) in [4.78, 5) is 26.1. The third-order valence-corrected chi connectivity index (χ3v) is 6.53. The Morgan fingerprint density at radius 2 is 1.70 bits per heavy atom. The zero-order valence-electron chi connectivity index (χ0n) is 14.5. The zero-order chi connectivity index (χ0) is 16.6. The molecule has 1 unspecified atom stereocenters. The predicted molar refractivity (Wildman–Crippen MR) is 89.5 cm³/mol. The first kappa shape index (κ1) is 16.7. The maximum Gasteiger partial charge on any atom is 0.241 e. The highest BCUT2D eigenvalue weighted by Gasteiger charge is 2.51. The van der Waals surface area contributed by atoms with Crippen LogP contribution in [0.1, 0.15) is 51.9 Å². The summed E-state index contributed by atoms with van der Waals surface area (Å²) < 4.78 is 0. The molecular weight excluding hydrogens is 290 g/mol. The van der Waals surface area contributed by atoms with Crippen LogP contribution in [0.15, 0.2) is 0 Å². The summed E-state index contributed by atoms with van der Waals surface area (Å²) in [5.41, 5.74) is 5.82. The van der Waals surface area contributed by atoms with E-state index in [1.807, 2.05) is 6.92 Å². The lowest BCUT2D eigenvalue weighted by molar-refractivity contribution is -0.135. The first-order valence-electron chi connectivity index (χ1n) is 9.13. The standard InChI is InChI=1S/C18H31N3O2/c1-12(10-19)21(2)17(23)11-20-16(22)9-18-6-13-3-14(7-18)5-15(4-13)8-18/h12-15H,3-11,19H2,1-2H3,(H,20,22). The van der Waals surface area contributed by atoms with Crippen LogP contribution in [0.5, 0.6) is 0 Å². The number of nitrogens with one attached hydrogen (secondary N) is 1. The van der Waals surface area contributed by atoms with Crippen LogP contribution in [0.25, 0.3) is 0 Å². The van der Waals surface area contributed by atoms with Gasteiger partial charge in [-0.05, 0) is 68.6 Å². The van der Waals surface area contributed by atoms with Crippen LogP contribution in [-0.2, 0) is 9.59 Å². The van der Waals surface area contributed by atoms with Crippen LogP contribution in [0.4, 0.5) is 0 Å². The van der Waals surface area contributed by atoms with Crippen LogP contribution >= 0.6 is 0 Å². The van der Waals surface area contributed by atoms with Crippen LogP contribution in [0.2, 0.25) is 0 Å². The minimum Gasteiger partial charge on any atom is -0.347 e. The molecule has 0 heterocycles. The smallest absolute Gasteiger partial charge is 0.241 e. The van der Waals surface area contributed by atoms with Gasteiger partial charge in [-0.2, -0.15) is 0 Å². The molecule has 2 amide bonds. The van der Waals surface area contributed by atoms with Gasteiger partial charge in [0, 0.05) is 26.1 Å². The summed E-state index contributed by atoms with van der Waals surface area (Å²) in [7, 11) is 1.74. The molecule has 0 radical (unpaired) electrons. The molecule has 130 valence electrons. The lowest BCUT2D eigenvalue weighted by Crippen LogP contribution is -2.49. The van der Waals surface area contributed by atoms with E-state index in [0.717, 1.165) is 17.8 Å². The molecule has 5 heteroatoms. The average molecular weight is 321 g/mol. The Balaban J connectivity index is 1.49. The van der Waals surface area contributed by atoms with Crippen molar-refractivity contribution in [2.75, 3.05) is 20.1 Å². The molecular formula is C18H31N3O2. The Bertz CT molecular complexity index is 442. The van der Waals surface area contributed by atoms with Crippen LogP contribution in [-0.4, -0.2) is 42.9 Å². The summed E-state index contributed by atoms with van der Waals surface area (Å²) in [6.45, 7) is 2.44. The summed E-state index contributed by atoms with van der Waals surface area (Å²) >= 11 is 0. The Morgan fingerprint density at radius 1 is 1.17 bits per heavy atom. The molecule has 23 heavy (non-hydrogen) atoms. The predicted octanol–water partition coefficient (Wildman–Crippen LogP) is 1.51. The maximum atomic E-state index is 12.4. The SMILES string of the molecule is CC(CN)N(C)C(=O)CNC(=O)CC12CC3CC(CC(C3)C1)C2. The van der Waals surface area contributed by atoms with Gasteiger partial charge in [-0.25, -0.2) is 0 Å². The van der Waals surface area contributed by atoms with Gasteiger partial charge in [-0.3, -0.25) is 9.59 Å². The van der Waals surface area contributed by atoms with Crippen LogP contribution in [0, 0.1) is 23.2 Å². The lowest BCUT2D eigenvalue weighted by atomic mass is 9.49. The molecule has 0 aliphatic heterocycles. The molecule has 3 N–H and O–H groups in total. The van der Waals surface area contributed by atoms with Gasteiger partial charge >= 0.3 is 0 Å². The van der Waals surface area contributed by atoms with E-state index < -0.39 is 0 Å². The van der Waals surface area contributed by atoms with Gasteiger partial charge in [0.15, 0.2) is 0 Å². The fourth-order valence-corrected chi connectivity index (χ4v) is 5.61. The van der Waals surface area contributed by atoms with E-state index in [1.54, 1.807) is 11.9 Å². The van der Waals surface area contributed by atoms with Crippen molar-refractivity contribution in [1.29, 1.82) is 0 Å². The molecule has 4 aliphatic carbocycles. The molecule has 0 spiro atoms. The van der Waals surface area contributed by atoms with Crippen molar-refractivity contribution in [1.82, 2.24) is 10.2 Å². The van der Waals surface area contributed by atoms with E-state index >= 15 is 0 Å². The van der Waals surface area contributed by atoms with Crippen molar-refractivity contribution in [2.24, 2.45) is 28.9 Å². The van der Waals surface area contributed by atoms with Crippen molar-refractivity contribution in [3.63, 3.8) is 0 Å². The van der Waals surface area contributed by atoms with Gasteiger partial charge < -0.3 is 16.0 Å². The number of nitrogens with zero attached hydrogens (tertiary/aromatic N) is 1. The molecule has 4 rings (SSSR count). The largest absolute Gasteiger partial charge is 0.347 e.